The van der Waals surface area contributed by atoms with E-state index in [0.29, 0.717) is 13.0 Å². The Bertz CT molecular complexity index is 514. The standard InChI is InChI=1S/C16H23NO3/c1-6-20-15(19)13-9(2)14-11(17-10(13)3)7-16(4,5)8-12(14)18/h9,13H,6-8H2,1-5H3/t9-,13?/m1/s1. The van der Waals surface area contributed by atoms with Crippen LogP contribution in [0.1, 0.15) is 47.5 Å². The largest absolute Gasteiger partial charge is 0.465 e. The predicted molar refractivity (Wildman–Crippen MR) is 77.4 cm³/mol. The molecule has 1 aliphatic heterocycles. The van der Waals surface area contributed by atoms with Crippen molar-refractivity contribution in [2.75, 3.05) is 6.61 Å². The number of rotatable bonds is 2. The number of carbonyl (C=O) groups is 2. The van der Waals surface area contributed by atoms with Gasteiger partial charge in [-0.15, -0.1) is 0 Å². The molecule has 1 heterocycles. The van der Waals surface area contributed by atoms with Crippen molar-refractivity contribution in [1.29, 1.82) is 0 Å². The third-order valence-electron chi connectivity index (χ3n) is 4.15. The first-order valence-corrected chi connectivity index (χ1v) is 7.25. The van der Waals surface area contributed by atoms with Crippen molar-refractivity contribution in [2.45, 2.75) is 47.5 Å². The van der Waals surface area contributed by atoms with Crippen LogP contribution in [0.4, 0.5) is 0 Å². The van der Waals surface area contributed by atoms with Gasteiger partial charge in [0.2, 0.25) is 0 Å². The second kappa shape index (κ2) is 5.15. The first-order chi connectivity index (χ1) is 9.26. The molecule has 1 aliphatic carbocycles. The average Bonchev–Trinajstić information content (AvgIpc) is 2.25. The topological polar surface area (TPSA) is 55.7 Å². The van der Waals surface area contributed by atoms with Crippen molar-refractivity contribution in [3.63, 3.8) is 0 Å². The maximum absolute atomic E-state index is 12.4. The first kappa shape index (κ1) is 14.9. The molecule has 0 saturated carbocycles. The van der Waals surface area contributed by atoms with E-state index in [1.165, 1.54) is 0 Å². The highest BCUT2D eigenvalue weighted by Crippen LogP contribution is 2.43. The van der Waals surface area contributed by atoms with Gasteiger partial charge in [0.1, 0.15) is 5.92 Å². The number of Topliss-reactive ketones (excluding diaryl/α,β-unsaturated/α-hetero) is 1. The van der Waals surface area contributed by atoms with E-state index in [-0.39, 0.29) is 23.1 Å². The molecule has 1 unspecified atom stereocenters. The molecule has 4 heteroatoms. The summed E-state index contributed by atoms with van der Waals surface area (Å²) in [5.74, 6) is -0.691. The lowest BCUT2D eigenvalue weighted by Gasteiger charge is -2.37. The lowest BCUT2D eigenvalue weighted by atomic mass is 9.69. The minimum atomic E-state index is -0.418. The SMILES string of the molecule is CCOC(=O)C1C(C)=NC2=C(C(=O)CC(C)(C)C2)[C@@H]1C. The minimum Gasteiger partial charge on any atom is -0.465 e. The van der Waals surface area contributed by atoms with Crippen LogP contribution in [0.5, 0.6) is 0 Å². The molecule has 2 aliphatic rings. The van der Waals surface area contributed by atoms with Crippen molar-refractivity contribution >= 4 is 17.5 Å². The Kier molecular flexibility index (Phi) is 3.85. The summed E-state index contributed by atoms with van der Waals surface area (Å²) in [7, 11) is 0. The molecular weight excluding hydrogens is 254 g/mol. The number of hydrogen-bond acceptors (Lipinski definition) is 4. The van der Waals surface area contributed by atoms with Crippen LogP contribution in [0.25, 0.3) is 0 Å². The Morgan fingerprint density at radius 1 is 1.40 bits per heavy atom. The highest BCUT2D eigenvalue weighted by molar-refractivity contribution is 6.07. The number of aliphatic imine (C=N–C) groups is 1. The molecule has 2 atom stereocenters. The van der Waals surface area contributed by atoms with E-state index in [0.717, 1.165) is 23.4 Å². The summed E-state index contributed by atoms with van der Waals surface area (Å²) in [6.45, 7) is 10.1. The van der Waals surface area contributed by atoms with Gasteiger partial charge in [-0.1, -0.05) is 20.8 Å². The van der Waals surface area contributed by atoms with Crippen molar-refractivity contribution in [3.8, 4) is 0 Å². The monoisotopic (exact) mass is 277 g/mol. The molecule has 0 aromatic rings. The van der Waals surface area contributed by atoms with E-state index in [4.69, 9.17) is 4.74 Å². The van der Waals surface area contributed by atoms with E-state index in [2.05, 4.69) is 18.8 Å². The number of ether oxygens (including phenoxy) is 1. The quantitative estimate of drug-likeness (QED) is 0.729. The third-order valence-corrected chi connectivity index (χ3v) is 4.15. The lowest BCUT2D eigenvalue weighted by Crippen LogP contribution is -2.39. The van der Waals surface area contributed by atoms with Crippen molar-refractivity contribution in [1.82, 2.24) is 0 Å². The zero-order chi connectivity index (χ0) is 15.1. The molecular formula is C16H23NO3. The Morgan fingerprint density at radius 2 is 2.05 bits per heavy atom. The number of carbonyl (C=O) groups excluding carboxylic acids is 2. The molecule has 2 rings (SSSR count). The van der Waals surface area contributed by atoms with Gasteiger partial charge in [-0.25, -0.2) is 0 Å². The Hall–Kier alpha value is -1.45. The van der Waals surface area contributed by atoms with Crippen LogP contribution in [0.2, 0.25) is 0 Å². The summed E-state index contributed by atoms with van der Waals surface area (Å²) >= 11 is 0. The van der Waals surface area contributed by atoms with Gasteiger partial charge in [-0.05, 0) is 25.7 Å². The summed E-state index contributed by atoms with van der Waals surface area (Å²) in [4.78, 5) is 29.1. The minimum absolute atomic E-state index is 0.0455. The van der Waals surface area contributed by atoms with E-state index >= 15 is 0 Å². The first-order valence-electron chi connectivity index (χ1n) is 7.25. The molecule has 0 spiro atoms. The summed E-state index contributed by atoms with van der Waals surface area (Å²) in [6, 6.07) is 0. The fourth-order valence-corrected chi connectivity index (χ4v) is 3.34. The number of esters is 1. The smallest absolute Gasteiger partial charge is 0.315 e. The average molecular weight is 277 g/mol. The molecule has 0 saturated heterocycles. The highest BCUT2D eigenvalue weighted by Gasteiger charge is 2.43. The highest BCUT2D eigenvalue weighted by atomic mass is 16.5. The van der Waals surface area contributed by atoms with Gasteiger partial charge < -0.3 is 4.74 Å². The van der Waals surface area contributed by atoms with Gasteiger partial charge in [0.15, 0.2) is 5.78 Å². The van der Waals surface area contributed by atoms with Crippen molar-refractivity contribution in [3.05, 3.63) is 11.3 Å². The summed E-state index contributed by atoms with van der Waals surface area (Å²) in [6.07, 6.45) is 1.32. The maximum Gasteiger partial charge on any atom is 0.315 e. The van der Waals surface area contributed by atoms with Crippen LogP contribution < -0.4 is 0 Å². The lowest BCUT2D eigenvalue weighted by molar-refractivity contribution is -0.146. The van der Waals surface area contributed by atoms with E-state index < -0.39 is 5.92 Å². The molecule has 0 aromatic heterocycles. The summed E-state index contributed by atoms with van der Waals surface area (Å²) in [5, 5.41) is 0. The van der Waals surface area contributed by atoms with E-state index in [1.807, 2.05) is 13.8 Å². The number of nitrogens with zero attached hydrogens (tertiary/aromatic N) is 1. The zero-order valence-corrected chi connectivity index (χ0v) is 12.9. The summed E-state index contributed by atoms with van der Waals surface area (Å²) in [5.41, 5.74) is 2.33. The number of hydrogen-bond donors (Lipinski definition) is 0. The second-order valence-corrected chi connectivity index (χ2v) is 6.57. The van der Waals surface area contributed by atoms with Crippen molar-refractivity contribution in [2.24, 2.45) is 22.2 Å². The zero-order valence-electron chi connectivity index (χ0n) is 12.9. The van der Waals surface area contributed by atoms with Gasteiger partial charge >= 0.3 is 5.97 Å². The molecule has 0 radical (unpaired) electrons. The molecule has 0 amide bonds. The fraction of sp³-hybridized carbons (Fsp3) is 0.688. The molecule has 0 aromatic carbocycles. The molecule has 0 bridgehead atoms. The van der Waals surface area contributed by atoms with Crippen LogP contribution in [-0.4, -0.2) is 24.1 Å². The Morgan fingerprint density at radius 3 is 2.65 bits per heavy atom. The molecule has 110 valence electrons. The fourth-order valence-electron chi connectivity index (χ4n) is 3.34. The van der Waals surface area contributed by atoms with Crippen LogP contribution in [0.15, 0.2) is 16.3 Å². The Balaban J connectivity index is 2.38. The molecule has 0 fully saturated rings. The van der Waals surface area contributed by atoms with Gasteiger partial charge in [0, 0.05) is 29.3 Å². The van der Waals surface area contributed by atoms with Crippen LogP contribution in [0.3, 0.4) is 0 Å². The predicted octanol–water partition coefficient (Wildman–Crippen LogP) is 2.92. The molecule has 0 N–H and O–H groups in total. The number of allylic oxidation sites excluding steroid dienone is 2. The van der Waals surface area contributed by atoms with E-state index in [9.17, 15) is 9.59 Å². The van der Waals surface area contributed by atoms with E-state index in [1.54, 1.807) is 6.92 Å². The van der Waals surface area contributed by atoms with Crippen LogP contribution in [-0.2, 0) is 14.3 Å². The van der Waals surface area contributed by atoms with Gasteiger partial charge in [0.05, 0.1) is 6.61 Å². The maximum atomic E-state index is 12.4. The van der Waals surface area contributed by atoms with Crippen LogP contribution >= 0.6 is 0 Å². The Labute approximate surface area is 120 Å². The van der Waals surface area contributed by atoms with Gasteiger partial charge in [-0.3, -0.25) is 14.6 Å². The second-order valence-electron chi connectivity index (χ2n) is 6.57. The van der Waals surface area contributed by atoms with Crippen molar-refractivity contribution < 1.29 is 14.3 Å². The van der Waals surface area contributed by atoms with Gasteiger partial charge in [-0.2, -0.15) is 0 Å². The molecule has 4 nitrogen and oxygen atoms in total. The van der Waals surface area contributed by atoms with Gasteiger partial charge in [0.25, 0.3) is 0 Å². The molecule has 20 heavy (non-hydrogen) atoms. The van der Waals surface area contributed by atoms with Crippen LogP contribution in [0, 0.1) is 17.3 Å². The normalized spacial score (nSPS) is 28.9. The third kappa shape index (κ3) is 2.56. The summed E-state index contributed by atoms with van der Waals surface area (Å²) < 4.78 is 5.12. The number of ketones is 1.